The highest BCUT2D eigenvalue weighted by molar-refractivity contribution is 7.99. The highest BCUT2D eigenvalue weighted by Gasteiger charge is 2.07. The normalized spacial score (nSPS) is 10.9. The maximum atomic E-state index is 9.75. The van der Waals surface area contributed by atoms with Crippen LogP contribution in [0.15, 0.2) is 34.1 Å². The van der Waals surface area contributed by atoms with Crippen molar-refractivity contribution in [3.63, 3.8) is 0 Å². The van der Waals surface area contributed by atoms with E-state index in [2.05, 4.69) is 0 Å². The maximum absolute atomic E-state index is 9.75. The lowest BCUT2D eigenvalue weighted by Gasteiger charge is -2.07. The van der Waals surface area contributed by atoms with Gasteiger partial charge in [0.05, 0.1) is 0 Å². The molecule has 0 radical (unpaired) electrons. The highest BCUT2D eigenvalue weighted by atomic mass is 32.2. The fraction of sp³-hybridized carbons (Fsp3) is 0.167. The summed E-state index contributed by atoms with van der Waals surface area (Å²) >= 11 is 2.98. The monoisotopic (exact) mass is 252 g/mol. The second-order valence-corrected chi connectivity index (χ2v) is 5.09. The van der Waals surface area contributed by atoms with E-state index in [0.29, 0.717) is 0 Å². The zero-order valence-electron chi connectivity index (χ0n) is 9.02. The van der Waals surface area contributed by atoms with Gasteiger partial charge in [-0.05, 0) is 47.5 Å². The molecule has 16 heavy (non-hydrogen) atoms. The number of rotatable bonds is 2. The van der Waals surface area contributed by atoms with E-state index in [1.165, 1.54) is 23.5 Å². The van der Waals surface area contributed by atoms with Gasteiger partial charge in [-0.1, -0.05) is 0 Å². The molecule has 4 heteroatoms. The fourth-order valence-electron chi connectivity index (χ4n) is 1.61. The van der Waals surface area contributed by atoms with Crippen molar-refractivity contribution in [1.29, 1.82) is 0 Å². The second-order valence-electron chi connectivity index (χ2n) is 3.40. The van der Waals surface area contributed by atoms with Gasteiger partial charge in [0.1, 0.15) is 11.5 Å². The lowest BCUT2D eigenvalue weighted by Crippen LogP contribution is -1.80. The first-order valence-electron chi connectivity index (χ1n) is 4.73. The average Bonchev–Trinajstić information content (AvgIpc) is 2.28. The van der Waals surface area contributed by atoms with Crippen molar-refractivity contribution in [2.24, 2.45) is 0 Å². The molecule has 0 saturated carbocycles. The molecule has 84 valence electrons. The lowest BCUT2D eigenvalue weighted by atomic mass is 10.1. The molecule has 0 spiro atoms. The average molecular weight is 252 g/mol. The van der Waals surface area contributed by atoms with Gasteiger partial charge in [-0.2, -0.15) is 0 Å². The Kier molecular flexibility index (Phi) is 3.21. The second kappa shape index (κ2) is 4.47. The Labute approximate surface area is 103 Å². The molecule has 0 aromatic heterocycles. The number of aromatic hydroxyl groups is 2. The van der Waals surface area contributed by atoms with Crippen molar-refractivity contribution < 1.29 is 10.2 Å². The minimum atomic E-state index is 0.290. The van der Waals surface area contributed by atoms with Crippen LogP contribution in [-0.4, -0.2) is 22.7 Å². The summed E-state index contributed by atoms with van der Waals surface area (Å²) in [6, 6.07) is 7.25. The largest absolute Gasteiger partial charge is 0.507 e. The number of hydrogen-bond donors (Lipinski definition) is 2. The number of hydrogen-bond acceptors (Lipinski definition) is 4. The molecule has 0 fully saturated rings. The molecule has 0 aliphatic heterocycles. The summed E-state index contributed by atoms with van der Waals surface area (Å²) in [5.74, 6) is 0.579. The van der Waals surface area contributed by atoms with Crippen LogP contribution >= 0.6 is 23.5 Å². The molecule has 0 atom stereocenters. The third-order valence-electron chi connectivity index (χ3n) is 2.44. The number of thioether (sulfide) groups is 2. The molecule has 2 N–H and O–H groups in total. The maximum Gasteiger partial charge on any atom is 0.129 e. The van der Waals surface area contributed by atoms with Crippen LogP contribution < -0.4 is 0 Å². The zero-order valence-corrected chi connectivity index (χ0v) is 10.7. The van der Waals surface area contributed by atoms with Gasteiger partial charge in [0.25, 0.3) is 0 Å². The van der Waals surface area contributed by atoms with Gasteiger partial charge in [0.15, 0.2) is 0 Å². The minimum absolute atomic E-state index is 0.290. The van der Waals surface area contributed by atoms with Crippen molar-refractivity contribution in [3.05, 3.63) is 24.3 Å². The van der Waals surface area contributed by atoms with Gasteiger partial charge < -0.3 is 10.2 Å². The van der Waals surface area contributed by atoms with Gasteiger partial charge in [0, 0.05) is 9.79 Å². The molecule has 0 aliphatic rings. The number of fused-ring (bicyclic) bond motifs is 1. The predicted molar refractivity (Wildman–Crippen MR) is 70.8 cm³/mol. The van der Waals surface area contributed by atoms with Crippen molar-refractivity contribution in [2.75, 3.05) is 12.5 Å². The van der Waals surface area contributed by atoms with Crippen LogP contribution in [0, 0.1) is 0 Å². The van der Waals surface area contributed by atoms with Gasteiger partial charge in [0.2, 0.25) is 0 Å². The van der Waals surface area contributed by atoms with Crippen molar-refractivity contribution >= 4 is 34.3 Å². The van der Waals surface area contributed by atoms with Crippen molar-refractivity contribution in [1.82, 2.24) is 0 Å². The number of phenols is 2. The smallest absolute Gasteiger partial charge is 0.129 e. The standard InChI is InChI=1S/C12H12O2S2/c1-15-11-5-7-4-10(14)12(16-2)6-8(7)3-9(11)13/h3-6,13-14H,1-2H3. The first kappa shape index (κ1) is 11.5. The quantitative estimate of drug-likeness (QED) is 0.800. The third kappa shape index (κ3) is 1.95. The first-order valence-corrected chi connectivity index (χ1v) is 7.18. The Morgan fingerprint density at radius 3 is 1.44 bits per heavy atom. The Morgan fingerprint density at radius 2 is 1.12 bits per heavy atom. The Hall–Kier alpha value is -1.00. The van der Waals surface area contributed by atoms with E-state index in [4.69, 9.17) is 0 Å². The summed E-state index contributed by atoms with van der Waals surface area (Å²) in [6.45, 7) is 0. The van der Waals surface area contributed by atoms with E-state index in [-0.39, 0.29) is 11.5 Å². The molecule has 2 aromatic carbocycles. The molecule has 2 nitrogen and oxygen atoms in total. The Bertz CT molecular complexity index is 489. The summed E-state index contributed by atoms with van der Waals surface area (Å²) in [5, 5.41) is 21.4. The molecule has 0 saturated heterocycles. The van der Waals surface area contributed by atoms with E-state index < -0.39 is 0 Å². The van der Waals surface area contributed by atoms with E-state index >= 15 is 0 Å². The third-order valence-corrected chi connectivity index (χ3v) is 3.97. The Balaban J connectivity index is 2.71. The summed E-state index contributed by atoms with van der Waals surface area (Å²) in [5.41, 5.74) is 0. The molecule has 2 rings (SSSR count). The van der Waals surface area contributed by atoms with Crippen LogP contribution in [0.4, 0.5) is 0 Å². The van der Waals surface area contributed by atoms with Crippen molar-refractivity contribution in [3.8, 4) is 11.5 Å². The van der Waals surface area contributed by atoms with Crippen LogP contribution in [0.25, 0.3) is 10.8 Å². The van der Waals surface area contributed by atoms with Crippen LogP contribution in [0.1, 0.15) is 0 Å². The van der Waals surface area contributed by atoms with Crippen LogP contribution in [0.3, 0.4) is 0 Å². The highest BCUT2D eigenvalue weighted by Crippen LogP contribution is 2.36. The fourth-order valence-corrected chi connectivity index (χ4v) is 2.64. The molecule has 0 unspecified atom stereocenters. The number of phenolic OH excluding ortho intramolecular Hbond substituents is 2. The van der Waals surface area contributed by atoms with E-state index in [1.807, 2.05) is 24.6 Å². The van der Waals surface area contributed by atoms with Gasteiger partial charge >= 0.3 is 0 Å². The number of benzene rings is 2. The van der Waals surface area contributed by atoms with Crippen LogP contribution in [-0.2, 0) is 0 Å². The zero-order chi connectivity index (χ0) is 11.7. The SMILES string of the molecule is CSc1cc2cc(O)c(SC)cc2cc1O. The topological polar surface area (TPSA) is 40.5 Å². The summed E-state index contributed by atoms with van der Waals surface area (Å²) in [4.78, 5) is 1.65. The van der Waals surface area contributed by atoms with Gasteiger partial charge in [-0.25, -0.2) is 0 Å². The van der Waals surface area contributed by atoms with E-state index in [9.17, 15) is 10.2 Å². The summed E-state index contributed by atoms with van der Waals surface area (Å²) in [7, 11) is 0. The summed E-state index contributed by atoms with van der Waals surface area (Å²) in [6.07, 6.45) is 3.83. The molecular weight excluding hydrogens is 240 g/mol. The minimum Gasteiger partial charge on any atom is -0.507 e. The van der Waals surface area contributed by atoms with E-state index in [0.717, 1.165) is 20.6 Å². The predicted octanol–water partition coefficient (Wildman–Crippen LogP) is 3.69. The van der Waals surface area contributed by atoms with Crippen LogP contribution in [0.5, 0.6) is 11.5 Å². The lowest BCUT2D eigenvalue weighted by molar-refractivity contribution is 0.461. The summed E-state index contributed by atoms with van der Waals surface area (Å²) < 4.78 is 0. The molecule has 2 aromatic rings. The molecule has 0 amide bonds. The van der Waals surface area contributed by atoms with Crippen LogP contribution in [0.2, 0.25) is 0 Å². The first-order chi connectivity index (χ1) is 7.65. The molecule has 0 heterocycles. The van der Waals surface area contributed by atoms with Crippen molar-refractivity contribution in [2.45, 2.75) is 9.79 Å². The molecular formula is C12H12O2S2. The Morgan fingerprint density at radius 1 is 0.750 bits per heavy atom. The van der Waals surface area contributed by atoms with Gasteiger partial charge in [-0.15, -0.1) is 23.5 Å². The molecule has 0 bridgehead atoms. The molecule has 0 aliphatic carbocycles. The van der Waals surface area contributed by atoms with Gasteiger partial charge in [-0.3, -0.25) is 0 Å². The van der Waals surface area contributed by atoms with E-state index in [1.54, 1.807) is 12.1 Å².